The van der Waals surface area contributed by atoms with Gasteiger partial charge in [0.2, 0.25) is 0 Å². The molecule has 0 bridgehead atoms. The first-order chi connectivity index (χ1) is 9.67. The van der Waals surface area contributed by atoms with E-state index in [1.807, 2.05) is 27.8 Å². The summed E-state index contributed by atoms with van der Waals surface area (Å²) in [5.74, 6) is 0.598. The molecular formula is C16H32N3O2+. The van der Waals surface area contributed by atoms with Crippen molar-refractivity contribution in [3.8, 4) is 0 Å². The highest BCUT2D eigenvalue weighted by Gasteiger charge is 2.24. The zero-order chi connectivity index (χ0) is 16.0. The molecule has 1 saturated carbocycles. The zero-order valence-corrected chi connectivity index (χ0v) is 14.2. The molecule has 1 aliphatic carbocycles. The van der Waals surface area contributed by atoms with Crippen LogP contribution in [-0.4, -0.2) is 43.5 Å². The number of quaternary nitrogens is 1. The molecule has 21 heavy (non-hydrogen) atoms. The summed E-state index contributed by atoms with van der Waals surface area (Å²) in [6, 6.07) is 0.308. The van der Waals surface area contributed by atoms with E-state index in [0.29, 0.717) is 25.0 Å². The fourth-order valence-corrected chi connectivity index (χ4v) is 2.86. The molecule has 5 nitrogen and oxygen atoms in total. The molecule has 5 heteroatoms. The van der Waals surface area contributed by atoms with E-state index < -0.39 is 0 Å². The summed E-state index contributed by atoms with van der Waals surface area (Å²) < 4.78 is 0. The molecule has 0 spiro atoms. The third-order valence-corrected chi connectivity index (χ3v) is 3.90. The predicted octanol–water partition coefficient (Wildman–Crippen LogP) is 0.111. The second kappa shape index (κ2) is 7.78. The second-order valence-electron chi connectivity index (χ2n) is 7.54. The van der Waals surface area contributed by atoms with Crippen LogP contribution in [0.4, 0.5) is 0 Å². The first kappa shape index (κ1) is 18.0. The molecule has 1 fully saturated rings. The lowest BCUT2D eigenvalue weighted by Crippen LogP contribution is -3.11. The minimum atomic E-state index is -0.225. The van der Waals surface area contributed by atoms with Gasteiger partial charge in [0.25, 0.3) is 11.8 Å². The molecule has 3 N–H and O–H groups in total. The Morgan fingerprint density at radius 3 is 2.24 bits per heavy atom. The smallest absolute Gasteiger partial charge is 0.275 e. The van der Waals surface area contributed by atoms with Crippen molar-refractivity contribution in [2.75, 3.05) is 20.1 Å². The quantitative estimate of drug-likeness (QED) is 0.675. The molecule has 0 heterocycles. The minimum Gasteiger partial charge on any atom is -0.348 e. The summed E-state index contributed by atoms with van der Waals surface area (Å²) in [7, 11) is 1.88. The van der Waals surface area contributed by atoms with Crippen molar-refractivity contribution in [1.82, 2.24) is 10.6 Å². The third-order valence-electron chi connectivity index (χ3n) is 3.90. The Labute approximate surface area is 128 Å². The van der Waals surface area contributed by atoms with Crippen molar-refractivity contribution < 1.29 is 14.5 Å². The fraction of sp³-hybridized carbons (Fsp3) is 0.875. The molecule has 0 aromatic rings. The van der Waals surface area contributed by atoms with Gasteiger partial charge in [-0.25, -0.2) is 0 Å². The Morgan fingerprint density at radius 2 is 1.67 bits per heavy atom. The van der Waals surface area contributed by atoms with E-state index in [4.69, 9.17) is 0 Å². The molecule has 0 aliphatic heterocycles. The first-order valence-electron chi connectivity index (χ1n) is 8.09. The van der Waals surface area contributed by atoms with Gasteiger partial charge in [-0.2, -0.15) is 0 Å². The van der Waals surface area contributed by atoms with Crippen LogP contribution in [-0.2, 0) is 9.59 Å². The van der Waals surface area contributed by atoms with Gasteiger partial charge in [-0.05, 0) is 39.5 Å². The molecular weight excluding hydrogens is 266 g/mol. The van der Waals surface area contributed by atoms with Crippen LogP contribution < -0.4 is 15.5 Å². The second-order valence-corrected chi connectivity index (χ2v) is 7.54. The Hall–Kier alpha value is -1.10. The maximum atomic E-state index is 12.1. The van der Waals surface area contributed by atoms with Gasteiger partial charge in [0, 0.05) is 11.6 Å². The van der Waals surface area contributed by atoms with Crippen LogP contribution in [0.25, 0.3) is 0 Å². The molecule has 3 atom stereocenters. The topological polar surface area (TPSA) is 62.6 Å². The van der Waals surface area contributed by atoms with E-state index in [2.05, 4.69) is 17.6 Å². The monoisotopic (exact) mass is 298 g/mol. The molecule has 1 rings (SSSR count). The van der Waals surface area contributed by atoms with Crippen LogP contribution in [0.3, 0.4) is 0 Å². The van der Waals surface area contributed by atoms with Crippen molar-refractivity contribution in [3.05, 3.63) is 0 Å². The molecule has 0 aromatic heterocycles. The molecule has 1 aliphatic rings. The molecule has 0 radical (unpaired) electrons. The van der Waals surface area contributed by atoms with Crippen molar-refractivity contribution in [1.29, 1.82) is 0 Å². The summed E-state index contributed by atoms with van der Waals surface area (Å²) in [4.78, 5) is 24.8. The van der Waals surface area contributed by atoms with Crippen molar-refractivity contribution in [2.45, 2.75) is 65.0 Å². The van der Waals surface area contributed by atoms with Crippen LogP contribution in [0, 0.1) is 5.92 Å². The van der Waals surface area contributed by atoms with Gasteiger partial charge in [-0.1, -0.05) is 19.8 Å². The van der Waals surface area contributed by atoms with E-state index in [1.165, 1.54) is 19.3 Å². The summed E-state index contributed by atoms with van der Waals surface area (Å²) in [5.41, 5.74) is -0.225. The number of nitrogens with one attached hydrogen (secondary N) is 3. The number of carbonyl (C=O) groups excluding carboxylic acids is 2. The largest absolute Gasteiger partial charge is 0.348 e. The van der Waals surface area contributed by atoms with Crippen molar-refractivity contribution >= 4 is 11.8 Å². The van der Waals surface area contributed by atoms with Gasteiger partial charge < -0.3 is 15.5 Å². The first-order valence-corrected chi connectivity index (χ1v) is 8.09. The predicted molar refractivity (Wildman–Crippen MR) is 84.1 cm³/mol. The summed E-state index contributed by atoms with van der Waals surface area (Å²) in [5, 5.41) is 6.05. The summed E-state index contributed by atoms with van der Waals surface area (Å²) in [6.45, 7) is 8.75. The van der Waals surface area contributed by atoms with Gasteiger partial charge in [0.15, 0.2) is 13.1 Å². The lowest BCUT2D eigenvalue weighted by atomic mass is 9.86. The molecule has 122 valence electrons. The van der Waals surface area contributed by atoms with Crippen LogP contribution in [0.5, 0.6) is 0 Å². The minimum absolute atomic E-state index is 0.0150. The van der Waals surface area contributed by atoms with E-state index in [-0.39, 0.29) is 17.4 Å². The molecule has 2 amide bonds. The number of rotatable bonds is 5. The lowest BCUT2D eigenvalue weighted by Gasteiger charge is -2.29. The van der Waals surface area contributed by atoms with E-state index in [0.717, 1.165) is 11.3 Å². The number of likely N-dealkylation sites (N-methyl/N-ethyl adjacent to an activating group) is 1. The molecule has 1 unspecified atom stereocenters. The van der Waals surface area contributed by atoms with E-state index in [9.17, 15) is 9.59 Å². The third kappa shape index (κ3) is 7.46. The van der Waals surface area contributed by atoms with E-state index in [1.54, 1.807) is 0 Å². The SMILES string of the molecule is C[C@@H]1CCCC[C@@H]1NC(=O)C[NH+](C)CC(=O)NC(C)(C)C. The number of carbonyl (C=O) groups is 2. The van der Waals surface area contributed by atoms with Crippen LogP contribution in [0.1, 0.15) is 53.4 Å². The normalized spacial score (nSPS) is 24.2. The highest BCUT2D eigenvalue weighted by atomic mass is 16.2. The Bertz CT molecular complexity index is 363. The van der Waals surface area contributed by atoms with Gasteiger partial charge in [0.05, 0.1) is 7.05 Å². The Balaban J connectivity index is 2.31. The fourth-order valence-electron chi connectivity index (χ4n) is 2.86. The number of hydrogen-bond acceptors (Lipinski definition) is 2. The highest BCUT2D eigenvalue weighted by molar-refractivity contribution is 5.79. The summed E-state index contributed by atoms with van der Waals surface area (Å²) >= 11 is 0. The van der Waals surface area contributed by atoms with Crippen molar-refractivity contribution in [2.24, 2.45) is 5.92 Å². The van der Waals surface area contributed by atoms with E-state index >= 15 is 0 Å². The van der Waals surface area contributed by atoms with Gasteiger partial charge >= 0.3 is 0 Å². The number of hydrogen-bond donors (Lipinski definition) is 3. The van der Waals surface area contributed by atoms with Crippen LogP contribution >= 0.6 is 0 Å². The van der Waals surface area contributed by atoms with Crippen LogP contribution in [0.15, 0.2) is 0 Å². The Morgan fingerprint density at radius 1 is 1.10 bits per heavy atom. The maximum Gasteiger partial charge on any atom is 0.275 e. The molecule has 0 aromatic carbocycles. The Kier molecular flexibility index (Phi) is 6.65. The standard InChI is InChI=1S/C16H31N3O2/c1-12-8-6-7-9-13(12)17-14(20)10-19(5)11-15(21)18-16(2,3)4/h12-13H,6-11H2,1-5H3,(H,17,20)(H,18,21)/p+1/t12-,13+/m1/s1. The maximum absolute atomic E-state index is 12.1. The van der Waals surface area contributed by atoms with Gasteiger partial charge in [-0.15, -0.1) is 0 Å². The number of amides is 2. The lowest BCUT2D eigenvalue weighted by molar-refractivity contribution is -0.862. The van der Waals surface area contributed by atoms with Gasteiger partial charge in [-0.3, -0.25) is 9.59 Å². The average Bonchev–Trinajstić information content (AvgIpc) is 2.28. The highest BCUT2D eigenvalue weighted by Crippen LogP contribution is 2.23. The van der Waals surface area contributed by atoms with Crippen molar-refractivity contribution in [3.63, 3.8) is 0 Å². The van der Waals surface area contributed by atoms with Gasteiger partial charge in [0.1, 0.15) is 0 Å². The van der Waals surface area contributed by atoms with Crippen LogP contribution in [0.2, 0.25) is 0 Å². The molecule has 0 saturated heterocycles. The average molecular weight is 298 g/mol. The summed E-state index contributed by atoms with van der Waals surface area (Å²) in [6.07, 6.45) is 4.75. The zero-order valence-electron chi connectivity index (χ0n) is 14.2.